The van der Waals surface area contributed by atoms with Crippen LogP contribution in [0.15, 0.2) is 42.5 Å². The van der Waals surface area contributed by atoms with Crippen molar-refractivity contribution in [3.63, 3.8) is 0 Å². The number of nitro groups is 1. The second-order valence-electron chi connectivity index (χ2n) is 7.80. The molecule has 0 heterocycles. The Balaban J connectivity index is 1.84. The number of methoxy groups -OCH3 is 1. The number of aryl methyl sites for hydroxylation is 1. The van der Waals surface area contributed by atoms with Crippen LogP contribution in [-0.4, -0.2) is 30.5 Å². The molecule has 2 aromatic carbocycles. The van der Waals surface area contributed by atoms with Crippen molar-refractivity contribution in [3.8, 4) is 5.75 Å². The van der Waals surface area contributed by atoms with E-state index in [0.717, 1.165) is 5.56 Å². The molecule has 0 bridgehead atoms. The zero-order valence-electron chi connectivity index (χ0n) is 17.6. The summed E-state index contributed by atoms with van der Waals surface area (Å²) in [5, 5.41) is 13.4. The second kappa shape index (κ2) is 9.87. The average Bonchev–Trinajstić information content (AvgIpc) is 2.70. The molecule has 0 atom stereocenters. The van der Waals surface area contributed by atoms with Crippen molar-refractivity contribution in [1.82, 2.24) is 0 Å². The Bertz CT molecular complexity index is 916. The fourth-order valence-corrected chi connectivity index (χ4v) is 2.73. The molecule has 30 heavy (non-hydrogen) atoms. The highest BCUT2D eigenvalue weighted by molar-refractivity contribution is 5.94. The highest BCUT2D eigenvalue weighted by atomic mass is 16.6. The van der Waals surface area contributed by atoms with E-state index >= 15 is 0 Å². The number of amides is 1. The van der Waals surface area contributed by atoms with Crippen LogP contribution < -0.4 is 10.1 Å². The maximum absolute atomic E-state index is 12.1. The number of hydrogen-bond acceptors (Lipinski definition) is 6. The second-order valence-corrected chi connectivity index (χ2v) is 7.80. The number of anilines is 1. The van der Waals surface area contributed by atoms with Crippen LogP contribution in [0.25, 0.3) is 0 Å². The predicted octanol–water partition coefficient (Wildman–Crippen LogP) is 4.02. The molecule has 160 valence electrons. The van der Waals surface area contributed by atoms with Gasteiger partial charge in [0.2, 0.25) is 0 Å². The fourth-order valence-electron chi connectivity index (χ4n) is 2.73. The lowest BCUT2D eigenvalue weighted by atomic mass is 9.86. The molecule has 0 unspecified atom stereocenters. The quantitative estimate of drug-likeness (QED) is 0.397. The summed E-state index contributed by atoms with van der Waals surface area (Å²) >= 11 is 0. The SMILES string of the molecule is COc1ccc([N+](=O)[O-])cc1NC(=O)COC(=O)CCc1ccc(C(C)(C)C)cc1. The molecule has 8 heteroatoms. The smallest absolute Gasteiger partial charge is 0.306 e. The molecule has 2 aromatic rings. The Morgan fingerprint density at radius 3 is 2.33 bits per heavy atom. The van der Waals surface area contributed by atoms with E-state index in [2.05, 4.69) is 26.1 Å². The average molecular weight is 414 g/mol. The summed E-state index contributed by atoms with van der Waals surface area (Å²) in [7, 11) is 1.38. The first-order valence-electron chi connectivity index (χ1n) is 9.47. The van der Waals surface area contributed by atoms with E-state index in [0.29, 0.717) is 6.42 Å². The molecule has 0 fully saturated rings. The number of carbonyl (C=O) groups is 2. The lowest BCUT2D eigenvalue weighted by Gasteiger charge is -2.19. The molecule has 0 spiro atoms. The number of nitrogens with zero attached hydrogens (tertiary/aromatic N) is 1. The first-order chi connectivity index (χ1) is 14.1. The summed E-state index contributed by atoms with van der Waals surface area (Å²) in [4.78, 5) is 34.3. The van der Waals surface area contributed by atoms with Crippen molar-refractivity contribution in [1.29, 1.82) is 0 Å². The van der Waals surface area contributed by atoms with Crippen LogP contribution in [0, 0.1) is 10.1 Å². The van der Waals surface area contributed by atoms with Crippen LogP contribution in [-0.2, 0) is 26.2 Å². The zero-order chi connectivity index (χ0) is 22.3. The predicted molar refractivity (Wildman–Crippen MR) is 113 cm³/mol. The molecule has 0 saturated carbocycles. The third kappa shape index (κ3) is 6.58. The van der Waals surface area contributed by atoms with Gasteiger partial charge < -0.3 is 14.8 Å². The van der Waals surface area contributed by atoms with Crippen molar-refractivity contribution in [2.24, 2.45) is 0 Å². The minimum Gasteiger partial charge on any atom is -0.495 e. The Hall–Kier alpha value is -3.42. The van der Waals surface area contributed by atoms with E-state index in [1.165, 1.54) is 30.9 Å². The Morgan fingerprint density at radius 1 is 1.10 bits per heavy atom. The third-order valence-corrected chi connectivity index (χ3v) is 4.47. The number of non-ortho nitro benzene ring substituents is 1. The van der Waals surface area contributed by atoms with Crippen molar-refractivity contribution in [2.45, 2.75) is 39.0 Å². The summed E-state index contributed by atoms with van der Waals surface area (Å²) < 4.78 is 10.1. The number of esters is 1. The van der Waals surface area contributed by atoms with E-state index in [1.807, 2.05) is 24.3 Å². The van der Waals surface area contributed by atoms with Gasteiger partial charge in [0.05, 0.1) is 17.7 Å². The maximum Gasteiger partial charge on any atom is 0.306 e. The summed E-state index contributed by atoms with van der Waals surface area (Å²) in [6, 6.07) is 11.9. The van der Waals surface area contributed by atoms with E-state index in [4.69, 9.17) is 9.47 Å². The molecule has 0 radical (unpaired) electrons. The lowest BCUT2D eigenvalue weighted by molar-refractivity contribution is -0.384. The van der Waals surface area contributed by atoms with Gasteiger partial charge in [0, 0.05) is 18.6 Å². The Kier molecular flexibility index (Phi) is 7.52. The number of nitro benzene ring substituents is 1. The van der Waals surface area contributed by atoms with Gasteiger partial charge in [-0.3, -0.25) is 19.7 Å². The number of benzene rings is 2. The maximum atomic E-state index is 12.1. The van der Waals surface area contributed by atoms with Crippen molar-refractivity contribution >= 4 is 23.3 Å². The first kappa shape index (κ1) is 22.9. The molecule has 0 aliphatic heterocycles. The largest absolute Gasteiger partial charge is 0.495 e. The van der Waals surface area contributed by atoms with E-state index < -0.39 is 23.4 Å². The van der Waals surface area contributed by atoms with Crippen LogP contribution in [0.5, 0.6) is 5.75 Å². The van der Waals surface area contributed by atoms with E-state index in [9.17, 15) is 19.7 Å². The minimum atomic E-state index is -0.614. The molecule has 1 N–H and O–H groups in total. The highest BCUT2D eigenvalue weighted by Gasteiger charge is 2.16. The Labute approximate surface area is 175 Å². The molecule has 0 aromatic heterocycles. The fraction of sp³-hybridized carbons (Fsp3) is 0.364. The summed E-state index contributed by atoms with van der Waals surface area (Å²) in [5.74, 6) is -0.855. The van der Waals surface area contributed by atoms with Crippen molar-refractivity contribution < 1.29 is 24.0 Å². The van der Waals surface area contributed by atoms with Gasteiger partial charge in [0.15, 0.2) is 6.61 Å². The molecule has 1 amide bonds. The van der Waals surface area contributed by atoms with Crippen LogP contribution >= 0.6 is 0 Å². The molecule has 0 saturated heterocycles. The van der Waals surface area contributed by atoms with Crippen LogP contribution in [0.4, 0.5) is 11.4 Å². The normalized spacial score (nSPS) is 10.9. The van der Waals surface area contributed by atoms with Gasteiger partial charge in [-0.25, -0.2) is 0 Å². The monoisotopic (exact) mass is 414 g/mol. The van der Waals surface area contributed by atoms with Gasteiger partial charge in [-0.05, 0) is 29.0 Å². The summed E-state index contributed by atoms with van der Waals surface area (Å²) in [5.41, 5.74) is 2.22. The van der Waals surface area contributed by atoms with Gasteiger partial charge in [0.25, 0.3) is 11.6 Å². The minimum absolute atomic E-state index is 0.0622. The van der Waals surface area contributed by atoms with Gasteiger partial charge in [-0.15, -0.1) is 0 Å². The number of nitrogens with one attached hydrogen (secondary N) is 1. The van der Waals surface area contributed by atoms with Gasteiger partial charge >= 0.3 is 5.97 Å². The molecule has 2 rings (SSSR count). The Morgan fingerprint density at radius 2 is 1.77 bits per heavy atom. The number of carbonyl (C=O) groups excluding carboxylic acids is 2. The molecule has 8 nitrogen and oxygen atoms in total. The lowest BCUT2D eigenvalue weighted by Crippen LogP contribution is -2.21. The van der Waals surface area contributed by atoms with Gasteiger partial charge in [0.1, 0.15) is 5.75 Å². The van der Waals surface area contributed by atoms with Crippen LogP contribution in [0.1, 0.15) is 38.3 Å². The number of hydrogen-bond donors (Lipinski definition) is 1. The molecule has 0 aliphatic rings. The van der Waals surface area contributed by atoms with E-state index in [1.54, 1.807) is 0 Å². The van der Waals surface area contributed by atoms with Crippen molar-refractivity contribution in [2.75, 3.05) is 19.0 Å². The third-order valence-electron chi connectivity index (χ3n) is 4.47. The first-order valence-corrected chi connectivity index (χ1v) is 9.47. The topological polar surface area (TPSA) is 108 Å². The number of ether oxygens (including phenoxy) is 2. The molecule has 0 aliphatic carbocycles. The molecular weight excluding hydrogens is 388 g/mol. The highest BCUT2D eigenvalue weighted by Crippen LogP contribution is 2.28. The van der Waals surface area contributed by atoms with Crippen LogP contribution in [0.2, 0.25) is 0 Å². The van der Waals surface area contributed by atoms with Crippen molar-refractivity contribution in [3.05, 3.63) is 63.7 Å². The number of rotatable bonds is 8. The van der Waals surface area contributed by atoms with Gasteiger partial charge in [-0.1, -0.05) is 45.0 Å². The molecular formula is C22H26N2O6. The zero-order valence-corrected chi connectivity index (χ0v) is 17.6. The summed E-state index contributed by atoms with van der Waals surface area (Å²) in [6.07, 6.45) is 0.645. The van der Waals surface area contributed by atoms with Crippen LogP contribution in [0.3, 0.4) is 0 Å². The van der Waals surface area contributed by atoms with Gasteiger partial charge in [-0.2, -0.15) is 0 Å². The summed E-state index contributed by atoms with van der Waals surface area (Å²) in [6.45, 7) is 5.91. The standard InChI is InChI=1S/C22H26N2O6/c1-22(2,3)16-8-5-15(6-9-16)7-12-21(26)30-14-20(25)23-18-13-17(24(27)28)10-11-19(18)29-4/h5-6,8-11,13H,7,12,14H2,1-4H3,(H,23,25). The van der Waals surface area contributed by atoms with E-state index in [-0.39, 0.29) is 29.0 Å².